The Morgan fingerprint density at radius 1 is 0.885 bits per heavy atom. The van der Waals surface area contributed by atoms with Crippen molar-refractivity contribution in [2.45, 2.75) is 90.0 Å². The SMILES string of the molecule is CCCCCCCCCCCCOC(=O)[C@@H](N)CCCN=C(N)N.Cl.Cl. The highest BCUT2D eigenvalue weighted by molar-refractivity contribution is 5.85. The molecule has 0 rings (SSSR count). The first-order chi connectivity index (χ1) is 11.6. The maximum absolute atomic E-state index is 11.7. The normalized spacial score (nSPS) is 11.0. The first-order valence-corrected chi connectivity index (χ1v) is 9.55. The number of unbranched alkanes of at least 4 members (excludes halogenated alkanes) is 9. The van der Waals surface area contributed by atoms with E-state index in [-0.39, 0.29) is 36.7 Å². The highest BCUT2D eigenvalue weighted by Crippen LogP contribution is 2.10. The molecular formula is C18H40Cl2N4O2. The lowest BCUT2D eigenvalue weighted by Crippen LogP contribution is -2.32. The zero-order valence-electron chi connectivity index (χ0n) is 16.3. The Labute approximate surface area is 171 Å². The van der Waals surface area contributed by atoms with Crippen molar-refractivity contribution in [3.8, 4) is 0 Å². The van der Waals surface area contributed by atoms with Crippen LogP contribution in [0.3, 0.4) is 0 Å². The van der Waals surface area contributed by atoms with Gasteiger partial charge in [-0.2, -0.15) is 0 Å². The van der Waals surface area contributed by atoms with Crippen LogP contribution in [0.5, 0.6) is 0 Å². The van der Waals surface area contributed by atoms with Crippen LogP contribution in [-0.2, 0) is 9.53 Å². The average Bonchev–Trinajstić information content (AvgIpc) is 2.56. The molecule has 0 unspecified atom stereocenters. The summed E-state index contributed by atoms with van der Waals surface area (Å²) in [6.07, 6.45) is 13.8. The van der Waals surface area contributed by atoms with E-state index >= 15 is 0 Å². The molecule has 0 aromatic heterocycles. The Morgan fingerprint density at radius 2 is 1.38 bits per heavy atom. The summed E-state index contributed by atoms with van der Waals surface area (Å²) in [6, 6.07) is -0.581. The number of hydrogen-bond donors (Lipinski definition) is 3. The van der Waals surface area contributed by atoms with Gasteiger partial charge in [0.25, 0.3) is 0 Å². The third kappa shape index (κ3) is 21.3. The van der Waals surface area contributed by atoms with Crippen LogP contribution < -0.4 is 17.2 Å². The second kappa shape index (κ2) is 22.3. The summed E-state index contributed by atoms with van der Waals surface area (Å²) < 4.78 is 5.20. The van der Waals surface area contributed by atoms with E-state index in [1.807, 2.05) is 0 Å². The molecule has 0 aliphatic carbocycles. The van der Waals surface area contributed by atoms with Crippen LogP contribution >= 0.6 is 24.8 Å². The van der Waals surface area contributed by atoms with E-state index < -0.39 is 6.04 Å². The third-order valence-corrected chi connectivity index (χ3v) is 4.01. The molecule has 6 nitrogen and oxygen atoms in total. The second-order valence-electron chi connectivity index (χ2n) is 6.40. The van der Waals surface area contributed by atoms with Gasteiger partial charge in [0.15, 0.2) is 5.96 Å². The molecule has 0 aliphatic heterocycles. The second-order valence-corrected chi connectivity index (χ2v) is 6.40. The Balaban J connectivity index is -0.00000264. The number of esters is 1. The van der Waals surface area contributed by atoms with Gasteiger partial charge in [0.2, 0.25) is 0 Å². The van der Waals surface area contributed by atoms with E-state index in [2.05, 4.69) is 11.9 Å². The van der Waals surface area contributed by atoms with Crippen LogP contribution in [0.15, 0.2) is 4.99 Å². The number of aliphatic imine (C=N–C) groups is 1. The van der Waals surface area contributed by atoms with E-state index in [1.165, 1.54) is 51.4 Å². The zero-order chi connectivity index (χ0) is 18.0. The average molecular weight is 415 g/mol. The Bertz CT molecular complexity index is 341. The molecule has 0 fully saturated rings. The molecule has 158 valence electrons. The largest absolute Gasteiger partial charge is 0.465 e. The molecule has 0 heterocycles. The van der Waals surface area contributed by atoms with Crippen molar-refractivity contribution in [1.29, 1.82) is 0 Å². The number of rotatable bonds is 16. The standard InChI is InChI=1S/C18H38N4O2.2ClH/c1-2-3-4-5-6-7-8-9-10-11-15-24-17(23)16(19)13-12-14-22-18(20)21;;/h16H,2-15,19H2,1H3,(H4,20,21,22);2*1H/t16-;;/m0../s1. The molecule has 0 aromatic carbocycles. The first-order valence-electron chi connectivity index (χ1n) is 9.55. The van der Waals surface area contributed by atoms with Gasteiger partial charge < -0.3 is 21.9 Å². The van der Waals surface area contributed by atoms with E-state index in [4.69, 9.17) is 21.9 Å². The van der Waals surface area contributed by atoms with Gasteiger partial charge in [-0.05, 0) is 19.3 Å². The first kappa shape index (κ1) is 30.0. The van der Waals surface area contributed by atoms with Gasteiger partial charge in [0, 0.05) is 6.54 Å². The lowest BCUT2D eigenvalue weighted by atomic mass is 10.1. The number of nitrogens with two attached hydrogens (primary N) is 3. The van der Waals surface area contributed by atoms with Gasteiger partial charge in [-0.15, -0.1) is 24.8 Å². The van der Waals surface area contributed by atoms with Gasteiger partial charge in [0.1, 0.15) is 6.04 Å². The Hall–Kier alpha value is -0.720. The smallest absolute Gasteiger partial charge is 0.322 e. The van der Waals surface area contributed by atoms with Crippen molar-refractivity contribution >= 4 is 36.7 Å². The highest BCUT2D eigenvalue weighted by Gasteiger charge is 2.13. The molecule has 0 spiro atoms. The monoisotopic (exact) mass is 414 g/mol. The summed E-state index contributed by atoms with van der Waals surface area (Å²) in [5, 5.41) is 0. The van der Waals surface area contributed by atoms with Crippen LogP contribution in [0.25, 0.3) is 0 Å². The quantitative estimate of drug-likeness (QED) is 0.154. The number of halogens is 2. The molecule has 1 atom stereocenters. The Kier molecular flexibility index (Phi) is 25.8. The predicted molar refractivity (Wildman–Crippen MR) is 115 cm³/mol. The minimum Gasteiger partial charge on any atom is -0.465 e. The molecule has 0 amide bonds. The third-order valence-electron chi connectivity index (χ3n) is 4.01. The van der Waals surface area contributed by atoms with Crippen molar-refractivity contribution in [1.82, 2.24) is 0 Å². The lowest BCUT2D eigenvalue weighted by Gasteiger charge is -2.10. The number of hydrogen-bond acceptors (Lipinski definition) is 4. The summed E-state index contributed by atoms with van der Waals surface area (Å²) in [7, 11) is 0. The van der Waals surface area contributed by atoms with E-state index in [1.54, 1.807) is 0 Å². The summed E-state index contributed by atoms with van der Waals surface area (Å²) in [5.74, 6) is -0.261. The minimum absolute atomic E-state index is 0. The summed E-state index contributed by atoms with van der Waals surface area (Å²) in [5.41, 5.74) is 16.2. The van der Waals surface area contributed by atoms with Gasteiger partial charge >= 0.3 is 5.97 Å². The molecule has 6 N–H and O–H groups in total. The van der Waals surface area contributed by atoms with Crippen molar-refractivity contribution < 1.29 is 9.53 Å². The predicted octanol–water partition coefficient (Wildman–Crippen LogP) is 3.68. The van der Waals surface area contributed by atoms with Crippen molar-refractivity contribution in [2.75, 3.05) is 13.2 Å². The molecule has 0 saturated carbocycles. The van der Waals surface area contributed by atoms with Gasteiger partial charge in [-0.1, -0.05) is 64.7 Å². The molecule has 0 aromatic rings. The van der Waals surface area contributed by atoms with Crippen LogP contribution in [0.4, 0.5) is 0 Å². The maximum atomic E-state index is 11.7. The Morgan fingerprint density at radius 3 is 1.88 bits per heavy atom. The van der Waals surface area contributed by atoms with Crippen LogP contribution in [-0.4, -0.2) is 31.1 Å². The molecule has 8 heteroatoms. The van der Waals surface area contributed by atoms with E-state index in [9.17, 15) is 4.79 Å². The molecule has 0 radical (unpaired) electrons. The van der Waals surface area contributed by atoms with Crippen LogP contribution in [0.1, 0.15) is 84.0 Å². The lowest BCUT2D eigenvalue weighted by molar-refractivity contribution is -0.145. The maximum Gasteiger partial charge on any atom is 0.322 e. The van der Waals surface area contributed by atoms with Crippen LogP contribution in [0.2, 0.25) is 0 Å². The summed E-state index contributed by atoms with van der Waals surface area (Å²) >= 11 is 0. The van der Waals surface area contributed by atoms with E-state index in [0.717, 1.165) is 12.8 Å². The summed E-state index contributed by atoms with van der Waals surface area (Å²) in [6.45, 7) is 3.20. The number of carbonyl (C=O) groups excluding carboxylic acids is 1. The minimum atomic E-state index is -0.581. The van der Waals surface area contributed by atoms with Gasteiger partial charge in [0.05, 0.1) is 6.61 Å². The molecule has 0 bridgehead atoms. The fourth-order valence-corrected chi connectivity index (χ4v) is 2.51. The van der Waals surface area contributed by atoms with Crippen molar-refractivity contribution in [2.24, 2.45) is 22.2 Å². The van der Waals surface area contributed by atoms with E-state index in [0.29, 0.717) is 26.0 Å². The number of ether oxygens (including phenoxy) is 1. The molecular weight excluding hydrogens is 375 g/mol. The van der Waals surface area contributed by atoms with Gasteiger partial charge in [-0.25, -0.2) is 0 Å². The fourth-order valence-electron chi connectivity index (χ4n) is 2.51. The number of nitrogens with zero attached hydrogens (tertiary/aromatic N) is 1. The number of carbonyl (C=O) groups is 1. The van der Waals surface area contributed by atoms with Gasteiger partial charge in [-0.3, -0.25) is 9.79 Å². The van der Waals surface area contributed by atoms with Crippen molar-refractivity contribution in [3.05, 3.63) is 0 Å². The number of guanidine groups is 1. The highest BCUT2D eigenvalue weighted by atomic mass is 35.5. The molecule has 0 saturated heterocycles. The summed E-state index contributed by atoms with van der Waals surface area (Å²) in [4.78, 5) is 15.6. The topological polar surface area (TPSA) is 117 Å². The zero-order valence-corrected chi connectivity index (χ0v) is 17.9. The molecule has 0 aliphatic rings. The molecule has 26 heavy (non-hydrogen) atoms. The van der Waals surface area contributed by atoms with Crippen LogP contribution in [0, 0.1) is 0 Å². The fraction of sp³-hybridized carbons (Fsp3) is 0.889. The van der Waals surface area contributed by atoms with Crippen molar-refractivity contribution in [3.63, 3.8) is 0 Å².